The van der Waals surface area contributed by atoms with E-state index in [0.29, 0.717) is 17.5 Å². The number of aromatic nitrogens is 2. The van der Waals surface area contributed by atoms with E-state index in [2.05, 4.69) is 10.7 Å². The Morgan fingerprint density at radius 3 is 2.72 bits per heavy atom. The number of unbranched alkanes of at least 4 members (excludes halogenated alkanes) is 1. The largest absolute Gasteiger partial charge is 0.394 e. The maximum absolute atomic E-state index is 13.4. The van der Waals surface area contributed by atoms with Crippen molar-refractivity contribution in [2.75, 3.05) is 18.6 Å². The van der Waals surface area contributed by atoms with Crippen LogP contribution in [0.3, 0.4) is 0 Å². The second kappa shape index (κ2) is 11.7. The molecule has 0 bridgehead atoms. The zero-order valence-electron chi connectivity index (χ0n) is 19.4. The number of carbonyl (C=O) groups is 2. The van der Waals surface area contributed by atoms with Crippen molar-refractivity contribution in [3.8, 4) is 6.07 Å². The van der Waals surface area contributed by atoms with Crippen LogP contribution in [0.1, 0.15) is 53.4 Å². The molecular weight excluding hydrogens is 477 g/mol. The highest BCUT2D eigenvalue weighted by atomic mass is 19.1. The zero-order chi connectivity index (χ0) is 26.4. The summed E-state index contributed by atoms with van der Waals surface area (Å²) in [4.78, 5) is 49.7. The van der Waals surface area contributed by atoms with Gasteiger partial charge in [0.15, 0.2) is 0 Å². The van der Waals surface area contributed by atoms with Crippen LogP contribution in [0.2, 0.25) is 0 Å². The van der Waals surface area contributed by atoms with Crippen LogP contribution in [0.15, 0.2) is 34.0 Å². The van der Waals surface area contributed by atoms with Crippen molar-refractivity contribution in [2.45, 2.75) is 51.0 Å². The molecule has 1 aliphatic heterocycles. The van der Waals surface area contributed by atoms with E-state index in [9.17, 15) is 33.8 Å². The quantitative estimate of drug-likeness (QED) is 0.335. The lowest BCUT2D eigenvalue weighted by Gasteiger charge is -2.17. The number of hydrogen-bond donors (Lipinski definition) is 4. The molecule has 0 radical (unpaired) electrons. The molecule has 13 heteroatoms. The van der Waals surface area contributed by atoms with Crippen molar-refractivity contribution in [3.63, 3.8) is 0 Å². The lowest BCUT2D eigenvalue weighted by atomic mass is 10.1. The predicted octanol–water partition coefficient (Wildman–Crippen LogP) is -0.360. The first-order chi connectivity index (χ1) is 17.2. The van der Waals surface area contributed by atoms with E-state index in [1.54, 1.807) is 6.07 Å². The van der Waals surface area contributed by atoms with Gasteiger partial charge in [0.1, 0.15) is 24.2 Å². The van der Waals surface area contributed by atoms with E-state index in [1.807, 2.05) is 0 Å². The van der Waals surface area contributed by atoms with Crippen molar-refractivity contribution < 1.29 is 28.9 Å². The fraction of sp³-hybridized carbons (Fsp3) is 0.435. The highest BCUT2D eigenvalue weighted by Crippen LogP contribution is 2.27. The first-order valence-corrected chi connectivity index (χ1v) is 11.2. The molecule has 2 aromatic rings. The van der Waals surface area contributed by atoms with Crippen molar-refractivity contribution in [2.24, 2.45) is 0 Å². The minimum atomic E-state index is -0.987. The van der Waals surface area contributed by atoms with Crippen LogP contribution < -0.4 is 22.0 Å². The summed E-state index contributed by atoms with van der Waals surface area (Å²) in [6, 6.07) is 5.09. The van der Waals surface area contributed by atoms with E-state index in [-0.39, 0.29) is 36.1 Å². The third-order valence-corrected chi connectivity index (χ3v) is 5.68. The smallest absolute Gasteiger partial charge is 0.352 e. The molecule has 1 aromatic carbocycles. The van der Waals surface area contributed by atoms with E-state index in [1.165, 1.54) is 19.2 Å². The molecule has 0 aliphatic carbocycles. The Morgan fingerprint density at radius 1 is 1.31 bits per heavy atom. The number of hydrogen-bond acceptors (Lipinski definition) is 8. The number of carbonyl (C=O) groups excluding carboxylic acids is 2. The van der Waals surface area contributed by atoms with Crippen LogP contribution in [0.4, 0.5) is 4.39 Å². The fourth-order valence-electron chi connectivity index (χ4n) is 3.70. The van der Waals surface area contributed by atoms with Crippen LogP contribution in [-0.4, -0.2) is 56.6 Å². The average Bonchev–Trinajstić information content (AvgIpc) is 3.24. The molecule has 36 heavy (non-hydrogen) atoms. The highest BCUT2D eigenvalue weighted by Gasteiger charge is 2.35. The maximum Gasteiger partial charge on any atom is 0.352 e. The van der Waals surface area contributed by atoms with Gasteiger partial charge in [0.05, 0.1) is 18.3 Å². The molecule has 4 N–H and O–H groups in total. The number of nitriles is 1. The van der Waals surface area contributed by atoms with Gasteiger partial charge < -0.3 is 20.3 Å². The van der Waals surface area contributed by atoms with E-state index in [0.717, 1.165) is 16.7 Å². The summed E-state index contributed by atoms with van der Waals surface area (Å²) in [5, 5.41) is 30.6. The predicted molar refractivity (Wildman–Crippen MR) is 123 cm³/mol. The van der Waals surface area contributed by atoms with Gasteiger partial charge in [0.2, 0.25) is 5.91 Å². The molecule has 1 fully saturated rings. The van der Waals surface area contributed by atoms with Crippen LogP contribution in [0.5, 0.6) is 0 Å². The molecule has 3 rings (SSSR count). The van der Waals surface area contributed by atoms with E-state index < -0.39 is 53.9 Å². The summed E-state index contributed by atoms with van der Waals surface area (Å²) in [5.41, 5.74) is 0.737. The lowest BCUT2D eigenvalue weighted by molar-refractivity contribution is -0.117. The van der Waals surface area contributed by atoms with Crippen LogP contribution in [0, 0.1) is 24.1 Å². The Balaban J connectivity index is 1.54. The van der Waals surface area contributed by atoms with Crippen molar-refractivity contribution in [3.05, 3.63) is 67.7 Å². The summed E-state index contributed by atoms with van der Waals surface area (Å²) < 4.78 is 20.5. The zero-order valence-corrected chi connectivity index (χ0v) is 19.4. The highest BCUT2D eigenvalue weighted by molar-refractivity contribution is 5.94. The van der Waals surface area contributed by atoms with Crippen molar-refractivity contribution in [1.82, 2.24) is 14.6 Å². The molecule has 0 unspecified atom stereocenters. The summed E-state index contributed by atoms with van der Waals surface area (Å²) >= 11 is 0. The second-order valence-electron chi connectivity index (χ2n) is 8.31. The number of aryl methyl sites for hydroxylation is 1. The molecule has 1 saturated heterocycles. The third-order valence-electron chi connectivity index (χ3n) is 5.68. The normalized spacial score (nSPS) is 19.0. The van der Waals surface area contributed by atoms with Crippen LogP contribution in [0.25, 0.3) is 0 Å². The number of aliphatic hydroxyl groups excluding tert-OH is 2. The summed E-state index contributed by atoms with van der Waals surface area (Å²) in [7, 11) is 0. The average molecular weight is 503 g/mol. The number of halogens is 1. The molecule has 0 saturated carbocycles. The molecule has 192 valence electrons. The molecule has 1 aliphatic rings. The van der Waals surface area contributed by atoms with E-state index >= 15 is 0 Å². The number of ether oxygens (including phenoxy) is 1. The van der Waals surface area contributed by atoms with Gasteiger partial charge in [0.25, 0.3) is 11.5 Å². The number of nitrogens with one attached hydrogen (secondary N) is 2. The number of nitrogens with zero attached hydrogens (tertiary/aromatic N) is 3. The first-order valence-electron chi connectivity index (χ1n) is 11.2. The summed E-state index contributed by atoms with van der Waals surface area (Å²) in [6.45, 7) is 1.22. The Morgan fingerprint density at radius 2 is 2.06 bits per heavy atom. The Kier molecular flexibility index (Phi) is 8.70. The van der Waals surface area contributed by atoms with E-state index in [4.69, 9.17) is 10.00 Å². The van der Waals surface area contributed by atoms with Gasteiger partial charge in [-0.1, -0.05) is 0 Å². The molecule has 0 spiro atoms. The Labute approximate surface area is 204 Å². The monoisotopic (exact) mass is 503 g/mol. The lowest BCUT2D eigenvalue weighted by Crippen LogP contribution is -2.48. The standard InChI is InChI=1S/C23H26FN5O7/c1-13-11-28(20-9-17(31)18(12-30)36-20)23(35)29(22(13)34)27-19(32)4-2-3-7-26-21(33)14-5-6-16(24)15(8-14)10-25/h5-6,8,11,17-18,20,30-31H,2-4,7,9,12H2,1H3,(H,26,33)(H,27,32)/t17-,18+,20+/m0/s1. The number of rotatable bonds is 9. The molecule has 12 nitrogen and oxygen atoms in total. The van der Waals surface area contributed by atoms with Gasteiger partial charge in [-0.3, -0.25) is 24.4 Å². The topological polar surface area (TPSA) is 176 Å². The number of aliphatic hydroxyl groups is 2. The first kappa shape index (κ1) is 26.7. The molecule has 1 aromatic heterocycles. The fourth-order valence-corrected chi connectivity index (χ4v) is 3.70. The van der Waals surface area contributed by atoms with Gasteiger partial charge in [-0.15, -0.1) is 0 Å². The van der Waals surface area contributed by atoms with Gasteiger partial charge in [-0.05, 0) is 38.0 Å². The van der Waals surface area contributed by atoms with Crippen LogP contribution in [-0.2, 0) is 9.53 Å². The SMILES string of the molecule is Cc1cn([C@H]2C[C@H](O)[C@@H](CO)O2)c(=O)n(NC(=O)CCCCNC(=O)c2ccc(F)c(C#N)c2)c1=O. The third kappa shape index (κ3) is 6.03. The van der Waals surface area contributed by atoms with Gasteiger partial charge in [-0.25, -0.2) is 9.18 Å². The Hall–Kier alpha value is -3.86. The molecule has 2 amide bonds. The Bertz CT molecular complexity index is 1300. The number of amides is 2. The molecular formula is C23H26FN5O7. The molecule has 3 atom stereocenters. The van der Waals surface area contributed by atoms with Gasteiger partial charge in [0, 0.05) is 36.7 Å². The maximum atomic E-state index is 13.4. The van der Waals surface area contributed by atoms with Crippen molar-refractivity contribution >= 4 is 11.8 Å². The second-order valence-corrected chi connectivity index (χ2v) is 8.31. The minimum Gasteiger partial charge on any atom is -0.394 e. The minimum absolute atomic E-state index is 0.0260. The van der Waals surface area contributed by atoms with Gasteiger partial charge in [-0.2, -0.15) is 9.94 Å². The summed E-state index contributed by atoms with van der Waals surface area (Å²) in [5.74, 6) is -1.82. The number of benzene rings is 1. The van der Waals surface area contributed by atoms with Crippen LogP contribution >= 0.6 is 0 Å². The van der Waals surface area contributed by atoms with Crippen molar-refractivity contribution in [1.29, 1.82) is 5.26 Å². The summed E-state index contributed by atoms with van der Waals surface area (Å²) in [6.07, 6.45) is -0.796. The molecule has 2 heterocycles. The van der Waals surface area contributed by atoms with Gasteiger partial charge >= 0.3 is 5.69 Å².